The van der Waals surface area contributed by atoms with Crippen molar-refractivity contribution in [1.82, 2.24) is 0 Å². The summed E-state index contributed by atoms with van der Waals surface area (Å²) >= 11 is -0.176. The molecule has 80 valence electrons. The lowest BCUT2D eigenvalue weighted by atomic mass is 9.80. The zero-order chi connectivity index (χ0) is 11.0. The molecule has 1 aliphatic rings. The quantitative estimate of drug-likeness (QED) is 0.678. The van der Waals surface area contributed by atoms with E-state index in [2.05, 4.69) is 0 Å². The summed E-state index contributed by atoms with van der Waals surface area (Å²) in [6.07, 6.45) is 1.77. The van der Waals surface area contributed by atoms with Gasteiger partial charge in [0.05, 0.1) is 0 Å². The lowest BCUT2D eigenvalue weighted by molar-refractivity contribution is -0.116. The van der Waals surface area contributed by atoms with E-state index in [-0.39, 0.29) is 27.9 Å². The second-order valence-corrected chi connectivity index (χ2v) is 5.33. The largest absolute Gasteiger partial charge is 0.446 e. The number of thioether (sulfide) groups is 1. The van der Waals surface area contributed by atoms with Crippen LogP contribution in [0.3, 0.4) is 0 Å². The number of alkyl halides is 3. The molecule has 0 atom stereocenters. The number of hydrogen-bond acceptors (Lipinski definition) is 2. The number of carbonyl (C=O) groups is 1. The molecule has 0 saturated heterocycles. The summed E-state index contributed by atoms with van der Waals surface area (Å²) in [6.45, 7) is 3.60. The van der Waals surface area contributed by atoms with Crippen molar-refractivity contribution in [3.63, 3.8) is 0 Å². The molecule has 0 aromatic rings. The van der Waals surface area contributed by atoms with Crippen molar-refractivity contribution in [3.05, 3.63) is 11.0 Å². The maximum absolute atomic E-state index is 12.0. The molecule has 1 nitrogen and oxygen atoms in total. The van der Waals surface area contributed by atoms with Crippen LogP contribution in [0.2, 0.25) is 0 Å². The minimum Gasteiger partial charge on any atom is -0.295 e. The second kappa shape index (κ2) is 3.61. The van der Waals surface area contributed by atoms with E-state index in [1.807, 2.05) is 0 Å². The van der Waals surface area contributed by atoms with Gasteiger partial charge in [0.1, 0.15) is 0 Å². The molecule has 0 spiro atoms. The number of allylic oxidation sites excluding steroid dienone is 2. The van der Waals surface area contributed by atoms with Crippen LogP contribution in [0.5, 0.6) is 0 Å². The number of hydrogen-bond donors (Lipinski definition) is 0. The fraction of sp³-hybridized carbons (Fsp3) is 0.667. The van der Waals surface area contributed by atoms with Crippen molar-refractivity contribution in [2.24, 2.45) is 5.41 Å². The molecule has 1 rings (SSSR count). The van der Waals surface area contributed by atoms with Gasteiger partial charge < -0.3 is 0 Å². The monoisotopic (exact) mass is 224 g/mol. The van der Waals surface area contributed by atoms with Crippen LogP contribution in [0, 0.1) is 5.41 Å². The predicted molar refractivity (Wildman–Crippen MR) is 49.8 cm³/mol. The average Bonchev–Trinajstić information content (AvgIpc) is 1.74. The number of halogens is 3. The Morgan fingerprint density at radius 1 is 1.36 bits per heavy atom. The molecular formula is C9H11F3OS. The van der Waals surface area contributed by atoms with E-state index in [0.29, 0.717) is 12.8 Å². The summed E-state index contributed by atoms with van der Waals surface area (Å²) < 4.78 is 36.1. The first-order chi connectivity index (χ1) is 6.18. The van der Waals surface area contributed by atoms with Gasteiger partial charge in [-0.2, -0.15) is 13.2 Å². The van der Waals surface area contributed by atoms with E-state index < -0.39 is 5.51 Å². The molecule has 0 fully saturated rings. The summed E-state index contributed by atoms with van der Waals surface area (Å²) in [5, 5.41) is 0. The normalized spacial score (nSPS) is 22.1. The zero-order valence-corrected chi connectivity index (χ0v) is 8.76. The lowest BCUT2D eigenvalue weighted by Gasteiger charge is -2.28. The Morgan fingerprint density at radius 3 is 2.36 bits per heavy atom. The molecule has 0 saturated carbocycles. The third kappa shape index (κ3) is 3.74. The van der Waals surface area contributed by atoms with Gasteiger partial charge in [-0.05, 0) is 34.6 Å². The predicted octanol–water partition coefficient (Wildman–Crippen LogP) is 3.51. The van der Waals surface area contributed by atoms with Gasteiger partial charge in [0.25, 0.3) is 0 Å². The highest BCUT2D eigenvalue weighted by molar-refractivity contribution is 8.03. The van der Waals surface area contributed by atoms with Gasteiger partial charge >= 0.3 is 5.51 Å². The fourth-order valence-electron chi connectivity index (χ4n) is 1.50. The Morgan fingerprint density at radius 2 is 1.93 bits per heavy atom. The summed E-state index contributed by atoms with van der Waals surface area (Å²) in [6, 6.07) is 0. The Hall–Kier alpha value is -0.450. The van der Waals surface area contributed by atoms with E-state index in [4.69, 9.17) is 0 Å². The SMILES string of the molecule is CC1(C)CC(=O)C=C(SC(F)(F)F)C1. The number of ketones is 1. The van der Waals surface area contributed by atoms with Crippen LogP contribution in [0.1, 0.15) is 26.7 Å². The van der Waals surface area contributed by atoms with Gasteiger partial charge in [-0.15, -0.1) is 0 Å². The summed E-state index contributed by atoms with van der Waals surface area (Å²) in [5.74, 6) is -0.215. The van der Waals surface area contributed by atoms with E-state index in [9.17, 15) is 18.0 Å². The first-order valence-electron chi connectivity index (χ1n) is 4.17. The van der Waals surface area contributed by atoms with Gasteiger partial charge in [-0.1, -0.05) is 13.8 Å². The smallest absolute Gasteiger partial charge is 0.295 e. The topological polar surface area (TPSA) is 17.1 Å². The maximum Gasteiger partial charge on any atom is 0.446 e. The molecule has 0 heterocycles. The van der Waals surface area contributed by atoms with Crippen LogP contribution in [0.25, 0.3) is 0 Å². The molecule has 0 aromatic carbocycles. The van der Waals surface area contributed by atoms with Crippen LogP contribution in [0.15, 0.2) is 11.0 Å². The fourth-order valence-corrected chi connectivity index (χ4v) is 2.45. The molecule has 1 aliphatic carbocycles. The third-order valence-electron chi connectivity index (χ3n) is 1.87. The Balaban J connectivity index is 2.75. The highest BCUT2D eigenvalue weighted by atomic mass is 32.2. The van der Waals surface area contributed by atoms with Crippen molar-refractivity contribution in [2.45, 2.75) is 32.2 Å². The standard InChI is InChI=1S/C9H11F3OS/c1-8(2)4-6(13)3-7(5-8)14-9(10,11)12/h3H,4-5H2,1-2H3. The van der Waals surface area contributed by atoms with E-state index in [1.54, 1.807) is 13.8 Å². The first kappa shape index (κ1) is 11.6. The molecule has 0 bridgehead atoms. The number of rotatable bonds is 1. The van der Waals surface area contributed by atoms with Crippen molar-refractivity contribution < 1.29 is 18.0 Å². The molecule has 0 aliphatic heterocycles. The van der Waals surface area contributed by atoms with Crippen LogP contribution in [0.4, 0.5) is 13.2 Å². The Kier molecular flexibility index (Phi) is 2.99. The molecule has 0 radical (unpaired) electrons. The van der Waals surface area contributed by atoms with Crippen molar-refractivity contribution >= 4 is 17.5 Å². The van der Waals surface area contributed by atoms with Gasteiger partial charge in [-0.3, -0.25) is 4.79 Å². The highest BCUT2D eigenvalue weighted by Gasteiger charge is 2.35. The first-order valence-corrected chi connectivity index (χ1v) is 4.99. The van der Waals surface area contributed by atoms with Crippen LogP contribution in [-0.2, 0) is 4.79 Å². The highest BCUT2D eigenvalue weighted by Crippen LogP contribution is 2.44. The molecule has 0 N–H and O–H groups in total. The van der Waals surface area contributed by atoms with E-state index in [0.717, 1.165) is 6.08 Å². The zero-order valence-electron chi connectivity index (χ0n) is 7.94. The molecule has 14 heavy (non-hydrogen) atoms. The van der Waals surface area contributed by atoms with Crippen molar-refractivity contribution in [2.75, 3.05) is 0 Å². The average molecular weight is 224 g/mol. The van der Waals surface area contributed by atoms with Gasteiger partial charge in [-0.25, -0.2) is 0 Å². The second-order valence-electron chi connectivity index (χ2n) is 4.14. The van der Waals surface area contributed by atoms with Gasteiger partial charge in [0.2, 0.25) is 0 Å². The summed E-state index contributed by atoms with van der Waals surface area (Å²) in [7, 11) is 0. The third-order valence-corrected chi connectivity index (χ3v) is 2.63. The minimum atomic E-state index is -4.29. The van der Waals surface area contributed by atoms with E-state index in [1.165, 1.54) is 0 Å². The molecule has 0 amide bonds. The van der Waals surface area contributed by atoms with Crippen molar-refractivity contribution in [1.29, 1.82) is 0 Å². The number of carbonyl (C=O) groups excluding carboxylic acids is 1. The molecular weight excluding hydrogens is 213 g/mol. The lowest BCUT2D eigenvalue weighted by Crippen LogP contribution is -2.21. The van der Waals surface area contributed by atoms with Crippen LogP contribution < -0.4 is 0 Å². The van der Waals surface area contributed by atoms with Crippen LogP contribution >= 0.6 is 11.8 Å². The van der Waals surface area contributed by atoms with Gasteiger partial charge in [0.15, 0.2) is 5.78 Å². The summed E-state index contributed by atoms with van der Waals surface area (Å²) in [4.78, 5) is 11.2. The van der Waals surface area contributed by atoms with Crippen LogP contribution in [-0.4, -0.2) is 11.3 Å². The minimum absolute atomic E-state index is 0.124. The van der Waals surface area contributed by atoms with Crippen molar-refractivity contribution in [3.8, 4) is 0 Å². The maximum atomic E-state index is 12.0. The van der Waals surface area contributed by atoms with E-state index >= 15 is 0 Å². The Bertz CT molecular complexity index is 278. The Labute approximate surface area is 84.7 Å². The molecule has 0 unspecified atom stereocenters. The summed E-state index contributed by atoms with van der Waals surface area (Å²) in [5.41, 5.74) is -4.64. The molecule has 0 aromatic heterocycles. The van der Waals surface area contributed by atoms with Gasteiger partial charge in [0, 0.05) is 6.42 Å². The molecule has 5 heteroatoms.